The Hall–Kier alpha value is -3.40. The molecule has 10 nitrogen and oxygen atoms in total. The Morgan fingerprint density at radius 3 is 2.22 bits per heavy atom. The van der Waals surface area contributed by atoms with E-state index in [9.17, 15) is 19.7 Å². The van der Waals surface area contributed by atoms with Crippen LogP contribution in [0, 0.1) is 17.0 Å². The van der Waals surface area contributed by atoms with Crippen LogP contribution in [0.3, 0.4) is 0 Å². The number of amides is 2. The summed E-state index contributed by atoms with van der Waals surface area (Å²) in [5, 5.41) is 11.3. The van der Waals surface area contributed by atoms with E-state index in [1.54, 1.807) is 42.2 Å². The Kier molecular flexibility index (Phi) is 6.40. The molecule has 0 bridgehead atoms. The number of piperazine rings is 2. The third-order valence-corrected chi connectivity index (χ3v) is 6.02. The molecule has 0 aliphatic carbocycles. The van der Waals surface area contributed by atoms with Gasteiger partial charge in [0.1, 0.15) is 11.4 Å². The molecule has 0 atom stereocenters. The van der Waals surface area contributed by atoms with Crippen LogP contribution < -0.4 is 4.90 Å². The van der Waals surface area contributed by atoms with Gasteiger partial charge in [-0.15, -0.1) is 0 Å². The highest BCUT2D eigenvalue weighted by Crippen LogP contribution is 2.28. The van der Waals surface area contributed by atoms with Gasteiger partial charge in [-0.25, -0.2) is 0 Å². The highest BCUT2D eigenvalue weighted by molar-refractivity contribution is 5.91. The monoisotopic (exact) mass is 441 g/mol. The summed E-state index contributed by atoms with van der Waals surface area (Å²) in [6.07, 6.45) is 0. The fourth-order valence-electron chi connectivity index (χ4n) is 4.19. The Balaban J connectivity index is 1.25. The Morgan fingerprint density at radius 1 is 0.938 bits per heavy atom. The zero-order valence-corrected chi connectivity index (χ0v) is 18.1. The quantitative estimate of drug-likeness (QED) is 0.513. The fourth-order valence-corrected chi connectivity index (χ4v) is 4.19. The van der Waals surface area contributed by atoms with Crippen molar-refractivity contribution >= 4 is 23.2 Å². The maximum Gasteiger partial charge on any atom is 0.292 e. The molecule has 3 heterocycles. The summed E-state index contributed by atoms with van der Waals surface area (Å²) in [4.78, 5) is 43.8. The number of anilines is 1. The average molecular weight is 441 g/mol. The van der Waals surface area contributed by atoms with Gasteiger partial charge in [-0.1, -0.05) is 12.1 Å². The van der Waals surface area contributed by atoms with Crippen LogP contribution in [0.25, 0.3) is 0 Å². The number of nitro groups is 1. The highest BCUT2D eigenvalue weighted by Gasteiger charge is 2.28. The minimum Gasteiger partial charge on any atom is -0.456 e. The predicted octanol–water partition coefficient (Wildman–Crippen LogP) is 1.60. The lowest BCUT2D eigenvalue weighted by molar-refractivity contribution is -0.384. The maximum absolute atomic E-state index is 12.8. The average Bonchev–Trinajstić information content (AvgIpc) is 3.25. The predicted molar refractivity (Wildman–Crippen MR) is 118 cm³/mol. The molecule has 0 unspecified atom stereocenters. The van der Waals surface area contributed by atoms with E-state index in [0.29, 0.717) is 76.1 Å². The van der Waals surface area contributed by atoms with E-state index in [1.807, 2.05) is 9.80 Å². The third-order valence-electron chi connectivity index (χ3n) is 6.02. The number of carbonyl (C=O) groups is 2. The zero-order valence-electron chi connectivity index (χ0n) is 18.1. The van der Waals surface area contributed by atoms with Gasteiger partial charge >= 0.3 is 0 Å². The van der Waals surface area contributed by atoms with Crippen molar-refractivity contribution in [3.8, 4) is 0 Å². The number of rotatable bonds is 5. The molecular formula is C22H27N5O5. The molecule has 2 fully saturated rings. The van der Waals surface area contributed by atoms with Crippen LogP contribution in [0.15, 0.2) is 40.8 Å². The molecule has 1 aromatic carbocycles. The molecule has 32 heavy (non-hydrogen) atoms. The largest absolute Gasteiger partial charge is 0.456 e. The molecule has 0 spiro atoms. The second kappa shape index (κ2) is 9.39. The summed E-state index contributed by atoms with van der Waals surface area (Å²) >= 11 is 0. The molecule has 0 radical (unpaired) electrons. The van der Waals surface area contributed by atoms with Gasteiger partial charge in [0, 0.05) is 58.4 Å². The highest BCUT2D eigenvalue weighted by atomic mass is 16.6. The number of benzene rings is 1. The van der Waals surface area contributed by atoms with E-state index in [0.717, 1.165) is 0 Å². The van der Waals surface area contributed by atoms with Gasteiger partial charge in [-0.3, -0.25) is 24.6 Å². The number of para-hydroxylation sites is 2. The normalized spacial score (nSPS) is 17.5. The van der Waals surface area contributed by atoms with Gasteiger partial charge in [0.05, 0.1) is 11.5 Å². The summed E-state index contributed by atoms with van der Waals surface area (Å²) < 4.78 is 5.42. The number of carbonyl (C=O) groups excluding carboxylic acids is 2. The summed E-state index contributed by atoms with van der Waals surface area (Å²) in [7, 11) is 0. The number of furan rings is 1. The van der Waals surface area contributed by atoms with E-state index < -0.39 is 0 Å². The van der Waals surface area contributed by atoms with Crippen molar-refractivity contribution in [1.29, 1.82) is 0 Å². The first-order chi connectivity index (χ1) is 15.4. The van der Waals surface area contributed by atoms with E-state index in [2.05, 4.69) is 4.90 Å². The van der Waals surface area contributed by atoms with Crippen LogP contribution >= 0.6 is 0 Å². The molecule has 4 rings (SSSR count). The van der Waals surface area contributed by atoms with Crippen molar-refractivity contribution < 1.29 is 18.9 Å². The van der Waals surface area contributed by atoms with E-state index in [-0.39, 0.29) is 22.4 Å². The van der Waals surface area contributed by atoms with Crippen molar-refractivity contribution in [2.75, 3.05) is 63.8 Å². The first-order valence-electron chi connectivity index (χ1n) is 10.8. The van der Waals surface area contributed by atoms with Crippen molar-refractivity contribution in [3.05, 3.63) is 58.0 Å². The van der Waals surface area contributed by atoms with Crippen LogP contribution in [0.1, 0.15) is 16.3 Å². The van der Waals surface area contributed by atoms with Crippen molar-refractivity contribution in [1.82, 2.24) is 14.7 Å². The minimum atomic E-state index is -0.371. The standard InChI is InChI=1S/C22H27N5O5/c1-17-6-7-20(32-17)22(29)26-10-8-23(9-11-26)16-21(28)25-14-12-24(13-15-25)18-4-2-3-5-19(18)27(30)31/h2-7H,8-16H2,1H3. The van der Waals surface area contributed by atoms with Crippen molar-refractivity contribution in [2.45, 2.75) is 6.92 Å². The lowest BCUT2D eigenvalue weighted by atomic mass is 10.2. The lowest BCUT2D eigenvalue weighted by Crippen LogP contribution is -2.54. The fraction of sp³-hybridized carbons (Fsp3) is 0.455. The van der Waals surface area contributed by atoms with E-state index in [1.165, 1.54) is 6.07 Å². The van der Waals surface area contributed by atoms with Gasteiger partial charge in [0.25, 0.3) is 11.6 Å². The van der Waals surface area contributed by atoms with Gasteiger partial charge < -0.3 is 19.1 Å². The summed E-state index contributed by atoms with van der Waals surface area (Å²) in [6.45, 7) is 6.66. The number of aryl methyl sites for hydroxylation is 1. The molecule has 2 aliphatic heterocycles. The molecule has 2 saturated heterocycles. The Bertz CT molecular complexity index is 990. The van der Waals surface area contributed by atoms with Crippen LogP contribution in [0.2, 0.25) is 0 Å². The molecule has 0 N–H and O–H groups in total. The van der Waals surface area contributed by atoms with Gasteiger partial charge in [-0.05, 0) is 25.1 Å². The molecule has 170 valence electrons. The molecule has 0 saturated carbocycles. The number of hydrogen-bond donors (Lipinski definition) is 0. The van der Waals surface area contributed by atoms with Crippen molar-refractivity contribution in [2.24, 2.45) is 0 Å². The number of nitrogens with zero attached hydrogens (tertiary/aromatic N) is 5. The summed E-state index contributed by atoms with van der Waals surface area (Å²) in [5.74, 6) is 0.993. The van der Waals surface area contributed by atoms with Crippen LogP contribution in [0.5, 0.6) is 0 Å². The van der Waals surface area contributed by atoms with E-state index in [4.69, 9.17) is 4.42 Å². The molecule has 2 amide bonds. The molecular weight excluding hydrogens is 414 g/mol. The SMILES string of the molecule is Cc1ccc(C(=O)N2CCN(CC(=O)N3CCN(c4ccccc4[N+](=O)[O-])CC3)CC2)o1. The second-order valence-electron chi connectivity index (χ2n) is 8.09. The van der Waals surface area contributed by atoms with Crippen LogP contribution in [-0.4, -0.2) is 90.3 Å². The second-order valence-corrected chi connectivity index (χ2v) is 8.09. The molecule has 2 aliphatic rings. The van der Waals surface area contributed by atoms with Gasteiger partial charge in [0.2, 0.25) is 5.91 Å². The number of nitro benzene ring substituents is 1. The smallest absolute Gasteiger partial charge is 0.292 e. The molecule has 2 aromatic rings. The molecule has 10 heteroatoms. The van der Waals surface area contributed by atoms with Crippen molar-refractivity contribution in [3.63, 3.8) is 0 Å². The van der Waals surface area contributed by atoms with Gasteiger partial charge in [-0.2, -0.15) is 0 Å². The minimum absolute atomic E-state index is 0.0497. The Labute approximate surface area is 186 Å². The first-order valence-corrected chi connectivity index (χ1v) is 10.8. The van der Waals surface area contributed by atoms with Gasteiger partial charge in [0.15, 0.2) is 5.76 Å². The first kappa shape index (κ1) is 21.8. The molecule has 1 aromatic heterocycles. The third kappa shape index (κ3) is 4.75. The maximum atomic E-state index is 12.8. The summed E-state index contributed by atoms with van der Waals surface area (Å²) in [6, 6.07) is 10.2. The summed E-state index contributed by atoms with van der Waals surface area (Å²) in [5.41, 5.74) is 0.682. The lowest BCUT2D eigenvalue weighted by Gasteiger charge is -2.38. The van der Waals surface area contributed by atoms with Crippen LogP contribution in [-0.2, 0) is 4.79 Å². The topological polar surface area (TPSA) is 103 Å². The Morgan fingerprint density at radius 2 is 1.59 bits per heavy atom. The number of hydrogen-bond acceptors (Lipinski definition) is 7. The zero-order chi connectivity index (χ0) is 22.7. The van der Waals surface area contributed by atoms with Crippen LogP contribution in [0.4, 0.5) is 11.4 Å². The van der Waals surface area contributed by atoms with E-state index >= 15 is 0 Å².